The van der Waals surface area contributed by atoms with Gasteiger partial charge in [-0.3, -0.25) is 19.3 Å². The number of para-hydroxylation sites is 1. The van der Waals surface area contributed by atoms with Crippen molar-refractivity contribution in [1.29, 1.82) is 0 Å². The monoisotopic (exact) mass is 488 g/mol. The van der Waals surface area contributed by atoms with E-state index in [4.69, 9.17) is 11.6 Å². The van der Waals surface area contributed by atoms with Crippen LogP contribution in [0.1, 0.15) is 53.5 Å². The van der Waals surface area contributed by atoms with Gasteiger partial charge < -0.3 is 10.6 Å². The molecule has 1 aliphatic carbocycles. The zero-order chi connectivity index (χ0) is 24.4. The Morgan fingerprint density at radius 3 is 2.71 bits per heavy atom. The number of hydrogen-bond donors (Lipinski definition) is 2. The van der Waals surface area contributed by atoms with Gasteiger partial charge in [-0.05, 0) is 44.0 Å². The second-order valence-corrected chi connectivity index (χ2v) is 9.00. The molecular weight excluding hydrogens is 464 g/mol. The highest BCUT2D eigenvalue weighted by atomic mass is 35.5. The minimum absolute atomic E-state index is 0.145. The van der Waals surface area contributed by atoms with Crippen molar-refractivity contribution in [2.75, 3.05) is 5.32 Å². The fourth-order valence-corrected chi connectivity index (χ4v) is 4.64. The molecule has 3 aromatic heterocycles. The van der Waals surface area contributed by atoms with Crippen LogP contribution in [-0.4, -0.2) is 37.6 Å². The molecule has 0 aliphatic heterocycles. The number of anilines is 1. The number of nitrogens with zero attached hydrogens (tertiary/aromatic N) is 4. The third kappa shape index (κ3) is 4.74. The van der Waals surface area contributed by atoms with Gasteiger partial charge in [-0.25, -0.2) is 4.98 Å². The van der Waals surface area contributed by atoms with E-state index >= 15 is 0 Å². The predicted octanol–water partition coefficient (Wildman–Crippen LogP) is 5.09. The minimum Gasteiger partial charge on any atom is -0.348 e. The molecule has 1 fully saturated rings. The largest absolute Gasteiger partial charge is 0.348 e. The highest BCUT2D eigenvalue weighted by Gasteiger charge is 2.24. The first kappa shape index (κ1) is 23.0. The van der Waals surface area contributed by atoms with E-state index in [1.165, 1.54) is 0 Å². The van der Waals surface area contributed by atoms with E-state index in [9.17, 15) is 9.59 Å². The summed E-state index contributed by atoms with van der Waals surface area (Å²) in [5.41, 5.74) is 2.82. The summed E-state index contributed by atoms with van der Waals surface area (Å²) >= 11 is 6.45. The first-order chi connectivity index (χ1) is 17.0. The summed E-state index contributed by atoms with van der Waals surface area (Å²) in [5.74, 6) is -0.659. The zero-order valence-electron chi connectivity index (χ0n) is 19.3. The number of halogens is 1. The molecule has 3 heterocycles. The summed E-state index contributed by atoms with van der Waals surface area (Å²) in [6, 6.07) is 10.9. The van der Waals surface area contributed by atoms with Crippen LogP contribution in [0.2, 0.25) is 5.02 Å². The quantitative estimate of drug-likeness (QED) is 0.393. The van der Waals surface area contributed by atoms with E-state index in [1.807, 2.05) is 19.1 Å². The van der Waals surface area contributed by atoms with Crippen LogP contribution in [0.4, 0.5) is 5.69 Å². The summed E-state index contributed by atoms with van der Waals surface area (Å²) in [6.45, 7) is 2.49. The molecule has 0 bridgehead atoms. The molecule has 2 N–H and O–H groups in total. The highest BCUT2D eigenvalue weighted by molar-refractivity contribution is 6.35. The SMILES string of the molecule is CCn1cc(NC(=O)c2cc(-c3cccnc3)nc3c(Cl)cccc23)c(C(=O)NC2CCCC2)n1. The van der Waals surface area contributed by atoms with E-state index in [1.54, 1.807) is 47.5 Å². The second kappa shape index (κ2) is 9.84. The van der Waals surface area contributed by atoms with Crippen LogP contribution in [0.25, 0.3) is 22.2 Å². The van der Waals surface area contributed by atoms with Crippen molar-refractivity contribution in [2.24, 2.45) is 0 Å². The van der Waals surface area contributed by atoms with Crippen molar-refractivity contribution >= 4 is 40.0 Å². The fourth-order valence-electron chi connectivity index (χ4n) is 4.42. The first-order valence-electron chi connectivity index (χ1n) is 11.7. The lowest BCUT2D eigenvalue weighted by Gasteiger charge is -2.13. The van der Waals surface area contributed by atoms with Crippen molar-refractivity contribution in [1.82, 2.24) is 25.1 Å². The van der Waals surface area contributed by atoms with Gasteiger partial charge in [0.2, 0.25) is 0 Å². The Hall–Kier alpha value is -3.78. The molecule has 1 aliphatic rings. The standard InChI is InChI=1S/C26H25ClN6O2/c1-2-33-15-22(24(32-33)26(35)29-17-8-3-4-9-17)31-25(34)19-13-21(16-7-6-12-28-14-16)30-23-18(19)10-5-11-20(23)27/h5-7,10-15,17H,2-4,8-9H2,1H3,(H,29,35)(H,31,34). The van der Waals surface area contributed by atoms with Crippen LogP contribution in [-0.2, 0) is 6.54 Å². The maximum absolute atomic E-state index is 13.6. The van der Waals surface area contributed by atoms with Crippen molar-refractivity contribution in [3.05, 3.63) is 71.3 Å². The average Bonchev–Trinajstić information content (AvgIpc) is 3.54. The van der Waals surface area contributed by atoms with Crippen molar-refractivity contribution in [3.63, 3.8) is 0 Å². The van der Waals surface area contributed by atoms with Crippen LogP contribution in [0.15, 0.2) is 55.0 Å². The van der Waals surface area contributed by atoms with Gasteiger partial charge in [0.05, 0.1) is 27.5 Å². The summed E-state index contributed by atoms with van der Waals surface area (Å²) in [7, 11) is 0. The maximum Gasteiger partial charge on any atom is 0.274 e. The lowest BCUT2D eigenvalue weighted by molar-refractivity contribution is 0.0933. The topological polar surface area (TPSA) is 102 Å². The Morgan fingerprint density at radius 1 is 1.14 bits per heavy atom. The van der Waals surface area contributed by atoms with Crippen molar-refractivity contribution < 1.29 is 9.59 Å². The van der Waals surface area contributed by atoms with Gasteiger partial charge in [0.1, 0.15) is 0 Å². The summed E-state index contributed by atoms with van der Waals surface area (Å²) in [4.78, 5) is 35.4. The van der Waals surface area contributed by atoms with E-state index in [0.717, 1.165) is 31.2 Å². The summed E-state index contributed by atoms with van der Waals surface area (Å²) in [5, 5.41) is 11.4. The molecule has 178 valence electrons. The Kier molecular flexibility index (Phi) is 6.46. The Labute approximate surface area is 207 Å². The molecule has 8 nitrogen and oxygen atoms in total. The number of rotatable bonds is 6. The van der Waals surface area contributed by atoms with Crippen LogP contribution >= 0.6 is 11.6 Å². The minimum atomic E-state index is -0.379. The van der Waals surface area contributed by atoms with Gasteiger partial charge >= 0.3 is 0 Å². The molecule has 0 spiro atoms. The average molecular weight is 489 g/mol. The number of aryl methyl sites for hydroxylation is 1. The number of benzene rings is 1. The Morgan fingerprint density at radius 2 is 1.97 bits per heavy atom. The second-order valence-electron chi connectivity index (χ2n) is 8.59. The normalized spacial score (nSPS) is 13.8. The highest BCUT2D eigenvalue weighted by Crippen LogP contribution is 2.30. The smallest absolute Gasteiger partial charge is 0.274 e. The van der Waals surface area contributed by atoms with E-state index < -0.39 is 0 Å². The number of hydrogen-bond acceptors (Lipinski definition) is 5. The number of fused-ring (bicyclic) bond motifs is 1. The number of amides is 2. The third-order valence-electron chi connectivity index (χ3n) is 6.23. The predicted molar refractivity (Wildman–Crippen MR) is 136 cm³/mol. The molecule has 5 rings (SSSR count). The maximum atomic E-state index is 13.6. The summed E-state index contributed by atoms with van der Waals surface area (Å²) < 4.78 is 1.64. The van der Waals surface area contributed by atoms with Gasteiger partial charge in [0.15, 0.2) is 5.69 Å². The molecule has 0 saturated heterocycles. The Bertz CT molecular complexity index is 1400. The molecule has 1 saturated carbocycles. The summed E-state index contributed by atoms with van der Waals surface area (Å²) in [6.07, 6.45) is 9.17. The molecule has 4 aromatic rings. The molecule has 0 atom stereocenters. The zero-order valence-corrected chi connectivity index (χ0v) is 20.0. The van der Waals surface area contributed by atoms with E-state index in [-0.39, 0.29) is 23.6 Å². The van der Waals surface area contributed by atoms with Gasteiger partial charge in [-0.2, -0.15) is 5.10 Å². The number of pyridine rings is 2. The van der Waals surface area contributed by atoms with Gasteiger partial charge in [0.25, 0.3) is 11.8 Å². The van der Waals surface area contributed by atoms with Crippen molar-refractivity contribution in [2.45, 2.75) is 45.2 Å². The van der Waals surface area contributed by atoms with Crippen LogP contribution in [0, 0.1) is 0 Å². The van der Waals surface area contributed by atoms with E-state index in [0.29, 0.717) is 39.4 Å². The fraction of sp³-hybridized carbons (Fsp3) is 0.269. The van der Waals surface area contributed by atoms with Crippen molar-refractivity contribution in [3.8, 4) is 11.3 Å². The number of aromatic nitrogens is 4. The van der Waals surface area contributed by atoms with Gasteiger partial charge in [-0.15, -0.1) is 0 Å². The lowest BCUT2D eigenvalue weighted by Crippen LogP contribution is -2.33. The molecule has 1 aromatic carbocycles. The third-order valence-corrected chi connectivity index (χ3v) is 6.54. The molecule has 35 heavy (non-hydrogen) atoms. The van der Waals surface area contributed by atoms with Crippen LogP contribution in [0.3, 0.4) is 0 Å². The molecule has 2 amide bonds. The van der Waals surface area contributed by atoms with Gasteiger partial charge in [-0.1, -0.05) is 36.6 Å². The molecule has 0 radical (unpaired) electrons. The molecular formula is C26H25ClN6O2. The molecule has 9 heteroatoms. The number of carbonyl (C=O) groups is 2. The first-order valence-corrected chi connectivity index (χ1v) is 12.1. The number of carbonyl (C=O) groups excluding carboxylic acids is 2. The van der Waals surface area contributed by atoms with Crippen LogP contribution in [0.5, 0.6) is 0 Å². The van der Waals surface area contributed by atoms with Crippen LogP contribution < -0.4 is 10.6 Å². The Balaban J connectivity index is 1.52. The van der Waals surface area contributed by atoms with Gasteiger partial charge in [0, 0.05) is 42.1 Å². The lowest BCUT2D eigenvalue weighted by atomic mass is 10.0. The van der Waals surface area contributed by atoms with E-state index in [2.05, 4.69) is 25.7 Å². The number of nitrogens with one attached hydrogen (secondary N) is 2. The molecule has 0 unspecified atom stereocenters.